The second kappa shape index (κ2) is 6.35. The highest BCUT2D eigenvalue weighted by molar-refractivity contribution is 6.30. The zero-order valence-corrected chi connectivity index (χ0v) is 13.3. The molecule has 2 heterocycles. The summed E-state index contributed by atoms with van der Waals surface area (Å²) < 4.78 is 38.5. The van der Waals surface area contributed by atoms with Gasteiger partial charge in [-0.15, -0.1) is 0 Å². The van der Waals surface area contributed by atoms with Crippen LogP contribution in [0.25, 0.3) is 0 Å². The van der Waals surface area contributed by atoms with Crippen LogP contribution < -0.4 is 4.90 Å². The summed E-state index contributed by atoms with van der Waals surface area (Å²) in [5.41, 5.74) is 0.0152. The summed E-state index contributed by atoms with van der Waals surface area (Å²) in [6.45, 7) is 1.93. The van der Waals surface area contributed by atoms with Crippen molar-refractivity contribution in [2.24, 2.45) is 0 Å². The third-order valence-electron chi connectivity index (χ3n) is 3.83. The van der Waals surface area contributed by atoms with Crippen LogP contribution in [0.3, 0.4) is 0 Å². The van der Waals surface area contributed by atoms with Crippen molar-refractivity contribution >= 4 is 23.3 Å². The van der Waals surface area contributed by atoms with Crippen molar-refractivity contribution in [3.63, 3.8) is 0 Å². The first-order valence-corrected chi connectivity index (χ1v) is 7.64. The minimum atomic E-state index is -4.51. The number of amides is 1. The number of benzene rings is 1. The summed E-state index contributed by atoms with van der Waals surface area (Å²) in [5.74, 6) is 0. The fourth-order valence-electron chi connectivity index (χ4n) is 2.55. The van der Waals surface area contributed by atoms with E-state index in [1.165, 1.54) is 4.90 Å². The van der Waals surface area contributed by atoms with Crippen LogP contribution in [0.5, 0.6) is 0 Å². The van der Waals surface area contributed by atoms with Gasteiger partial charge >= 0.3 is 12.2 Å². The van der Waals surface area contributed by atoms with E-state index >= 15 is 0 Å². The molecule has 1 amide bonds. The van der Waals surface area contributed by atoms with E-state index in [4.69, 9.17) is 11.6 Å². The second-order valence-corrected chi connectivity index (χ2v) is 5.84. The Kier molecular flexibility index (Phi) is 4.40. The molecule has 0 unspecified atom stereocenters. The summed E-state index contributed by atoms with van der Waals surface area (Å²) in [6, 6.07) is 6.82. The zero-order valence-electron chi connectivity index (χ0n) is 12.5. The molecule has 3 rings (SSSR count). The second-order valence-electron chi connectivity index (χ2n) is 5.41. The average Bonchev–Trinajstić information content (AvgIpc) is 3.04. The van der Waals surface area contributed by atoms with Crippen LogP contribution >= 0.6 is 11.6 Å². The highest BCUT2D eigenvalue weighted by atomic mass is 35.5. The Morgan fingerprint density at radius 2 is 1.88 bits per heavy atom. The quantitative estimate of drug-likeness (QED) is 0.785. The van der Waals surface area contributed by atoms with Gasteiger partial charge in [-0.25, -0.2) is 4.79 Å². The number of piperazine rings is 1. The number of carbonyl (C=O) groups is 1. The molecule has 5 nitrogen and oxygen atoms in total. The Labute approximate surface area is 141 Å². The minimum absolute atomic E-state index is 0.395. The number of nitrogens with zero attached hydrogens (tertiary/aromatic N) is 4. The fraction of sp³-hybridized carbons (Fsp3) is 0.333. The molecule has 0 radical (unpaired) electrons. The van der Waals surface area contributed by atoms with Gasteiger partial charge in [0.05, 0.1) is 11.8 Å². The predicted octanol–water partition coefficient (Wildman–Crippen LogP) is 3.35. The van der Waals surface area contributed by atoms with Crippen LogP contribution in [0, 0.1) is 0 Å². The molecule has 1 fully saturated rings. The molecular weight excluding hydrogens is 345 g/mol. The molecule has 0 atom stereocenters. The van der Waals surface area contributed by atoms with Gasteiger partial charge in [-0.3, -0.25) is 0 Å². The Hall–Kier alpha value is -2.22. The molecule has 1 aromatic carbocycles. The summed E-state index contributed by atoms with van der Waals surface area (Å²) >= 11 is 5.97. The standard InChI is InChI=1S/C15H14ClF3N4O/c16-12-2-1-3-13(8-12)21-4-6-22(7-5-21)14(24)23-10-11(9-20-23)15(17,18)19/h1-3,8-10H,4-7H2. The van der Waals surface area contributed by atoms with E-state index in [0.29, 0.717) is 43.6 Å². The lowest BCUT2D eigenvalue weighted by Gasteiger charge is -2.35. The van der Waals surface area contributed by atoms with Crippen LogP contribution in [0.2, 0.25) is 5.02 Å². The first-order valence-electron chi connectivity index (χ1n) is 7.26. The molecule has 1 saturated heterocycles. The van der Waals surface area contributed by atoms with Crippen molar-refractivity contribution < 1.29 is 18.0 Å². The maximum Gasteiger partial charge on any atom is 0.419 e. The van der Waals surface area contributed by atoms with Gasteiger partial charge in [0.25, 0.3) is 0 Å². The molecule has 0 aliphatic carbocycles. The Balaban J connectivity index is 1.64. The summed E-state index contributed by atoms with van der Waals surface area (Å²) in [6.07, 6.45) is -3.14. The van der Waals surface area contributed by atoms with Crippen molar-refractivity contribution in [2.45, 2.75) is 6.18 Å². The number of rotatable bonds is 1. The maximum absolute atomic E-state index is 12.6. The monoisotopic (exact) mass is 358 g/mol. The third-order valence-corrected chi connectivity index (χ3v) is 4.06. The molecule has 0 saturated carbocycles. The van der Waals surface area contributed by atoms with Gasteiger partial charge in [-0.05, 0) is 18.2 Å². The van der Waals surface area contributed by atoms with Crippen LogP contribution in [-0.2, 0) is 6.18 Å². The van der Waals surface area contributed by atoms with E-state index < -0.39 is 17.8 Å². The molecule has 1 aliphatic heterocycles. The van der Waals surface area contributed by atoms with E-state index in [2.05, 4.69) is 10.00 Å². The van der Waals surface area contributed by atoms with Crippen LogP contribution in [0.4, 0.5) is 23.7 Å². The van der Waals surface area contributed by atoms with Crippen LogP contribution in [-0.4, -0.2) is 46.9 Å². The molecule has 24 heavy (non-hydrogen) atoms. The van der Waals surface area contributed by atoms with Crippen molar-refractivity contribution in [2.75, 3.05) is 31.1 Å². The number of carbonyl (C=O) groups excluding carboxylic acids is 1. The topological polar surface area (TPSA) is 41.4 Å². The van der Waals surface area contributed by atoms with Gasteiger partial charge in [0.1, 0.15) is 0 Å². The minimum Gasteiger partial charge on any atom is -0.368 e. The average molecular weight is 359 g/mol. The van der Waals surface area contributed by atoms with Gasteiger partial charge in [-0.1, -0.05) is 17.7 Å². The zero-order chi connectivity index (χ0) is 17.3. The fourth-order valence-corrected chi connectivity index (χ4v) is 2.73. The van der Waals surface area contributed by atoms with Crippen molar-refractivity contribution in [3.8, 4) is 0 Å². The third kappa shape index (κ3) is 3.48. The number of anilines is 1. The van der Waals surface area contributed by atoms with Crippen LogP contribution in [0.15, 0.2) is 36.7 Å². The van der Waals surface area contributed by atoms with Gasteiger partial charge in [0, 0.05) is 43.1 Å². The van der Waals surface area contributed by atoms with E-state index in [-0.39, 0.29) is 0 Å². The van der Waals surface area contributed by atoms with E-state index in [9.17, 15) is 18.0 Å². The Morgan fingerprint density at radius 3 is 2.46 bits per heavy atom. The van der Waals surface area contributed by atoms with Crippen molar-refractivity contribution in [1.29, 1.82) is 0 Å². The number of hydrogen-bond donors (Lipinski definition) is 0. The molecule has 9 heteroatoms. The maximum atomic E-state index is 12.6. The lowest BCUT2D eigenvalue weighted by Crippen LogP contribution is -2.50. The Bertz CT molecular complexity index is 738. The van der Waals surface area contributed by atoms with Crippen molar-refractivity contribution in [1.82, 2.24) is 14.7 Å². The number of halogens is 4. The normalized spacial score (nSPS) is 15.7. The van der Waals surface area contributed by atoms with Gasteiger partial charge in [-0.2, -0.15) is 23.0 Å². The lowest BCUT2D eigenvalue weighted by molar-refractivity contribution is -0.137. The first-order chi connectivity index (χ1) is 11.3. The molecular formula is C15H14ClF3N4O. The molecule has 0 bridgehead atoms. The summed E-state index contributed by atoms with van der Waals surface area (Å²) in [5, 5.41) is 4.15. The summed E-state index contributed by atoms with van der Waals surface area (Å²) in [7, 11) is 0. The molecule has 0 spiro atoms. The number of alkyl halides is 3. The lowest BCUT2D eigenvalue weighted by atomic mass is 10.2. The van der Waals surface area contributed by atoms with Crippen LogP contribution in [0.1, 0.15) is 5.56 Å². The van der Waals surface area contributed by atoms with Gasteiger partial charge < -0.3 is 9.80 Å². The molecule has 1 aliphatic rings. The molecule has 0 N–H and O–H groups in total. The first kappa shape index (κ1) is 16.6. The SMILES string of the molecule is O=C(N1CCN(c2cccc(Cl)c2)CC1)n1cc(C(F)(F)F)cn1. The Morgan fingerprint density at radius 1 is 1.17 bits per heavy atom. The highest BCUT2D eigenvalue weighted by Crippen LogP contribution is 2.28. The van der Waals surface area contributed by atoms with Gasteiger partial charge in [0.2, 0.25) is 0 Å². The largest absolute Gasteiger partial charge is 0.419 e. The van der Waals surface area contributed by atoms with E-state index in [1.807, 2.05) is 18.2 Å². The summed E-state index contributed by atoms with van der Waals surface area (Å²) in [4.78, 5) is 15.8. The molecule has 2 aromatic rings. The molecule has 1 aromatic heterocycles. The number of hydrogen-bond acceptors (Lipinski definition) is 3. The molecule has 128 valence electrons. The van der Waals surface area contributed by atoms with E-state index in [0.717, 1.165) is 10.4 Å². The smallest absolute Gasteiger partial charge is 0.368 e. The van der Waals surface area contributed by atoms with Gasteiger partial charge in [0.15, 0.2) is 0 Å². The van der Waals surface area contributed by atoms with Crippen molar-refractivity contribution in [3.05, 3.63) is 47.2 Å². The predicted molar refractivity (Wildman–Crippen MR) is 83.3 cm³/mol. The number of aromatic nitrogens is 2. The highest BCUT2D eigenvalue weighted by Gasteiger charge is 2.33. The van der Waals surface area contributed by atoms with E-state index in [1.54, 1.807) is 6.07 Å².